The van der Waals surface area contributed by atoms with Crippen molar-refractivity contribution >= 4 is 18.5 Å². The summed E-state index contributed by atoms with van der Waals surface area (Å²) in [6, 6.07) is 4.29. The Bertz CT molecular complexity index is 563. The van der Waals surface area contributed by atoms with Crippen LogP contribution in [0.1, 0.15) is 49.8 Å². The molecule has 2 heterocycles. The van der Waals surface area contributed by atoms with Gasteiger partial charge in [-0.05, 0) is 59.1 Å². The monoisotopic (exact) mass is 308 g/mol. The summed E-state index contributed by atoms with van der Waals surface area (Å²) in [6.45, 7) is 9.86. The summed E-state index contributed by atoms with van der Waals surface area (Å²) in [6.07, 6.45) is 2.72. The molecule has 2 nitrogen and oxygen atoms in total. The van der Waals surface area contributed by atoms with Gasteiger partial charge in [0.25, 0.3) is 0 Å². The highest BCUT2D eigenvalue weighted by atomic mass is 32.1. The average Bonchev–Trinajstić information content (AvgIpc) is 2.91. The van der Waals surface area contributed by atoms with Crippen molar-refractivity contribution in [1.82, 2.24) is 0 Å². The molecule has 0 radical (unpaired) electrons. The summed E-state index contributed by atoms with van der Waals surface area (Å²) in [5, 5.41) is 0. The van der Waals surface area contributed by atoms with Crippen LogP contribution in [0.2, 0.25) is 0 Å². The van der Waals surface area contributed by atoms with E-state index in [0.29, 0.717) is 5.92 Å². The van der Waals surface area contributed by atoms with Crippen molar-refractivity contribution < 1.29 is 13.7 Å². The molecular formula is C16H22BFO2S. The molecule has 114 valence electrons. The molecule has 2 fully saturated rings. The fraction of sp³-hybridized carbons (Fsp3) is 0.625. The van der Waals surface area contributed by atoms with Gasteiger partial charge in [0.05, 0.1) is 11.2 Å². The van der Waals surface area contributed by atoms with Gasteiger partial charge in [0.2, 0.25) is 0 Å². The molecule has 2 aliphatic rings. The highest BCUT2D eigenvalue weighted by Crippen LogP contribution is 2.51. The van der Waals surface area contributed by atoms with Crippen LogP contribution in [0.3, 0.4) is 0 Å². The van der Waals surface area contributed by atoms with Crippen LogP contribution in [-0.2, 0) is 9.31 Å². The Labute approximate surface area is 130 Å². The van der Waals surface area contributed by atoms with E-state index in [1.807, 2.05) is 27.7 Å². The molecular weight excluding hydrogens is 286 g/mol. The first-order valence-electron chi connectivity index (χ1n) is 7.49. The first kappa shape index (κ1) is 15.3. The average molecular weight is 308 g/mol. The van der Waals surface area contributed by atoms with Crippen LogP contribution in [0.25, 0.3) is 0 Å². The Kier molecular flexibility index (Phi) is 3.58. The molecule has 1 saturated carbocycles. The molecule has 1 aromatic rings. The highest BCUT2D eigenvalue weighted by Gasteiger charge is 2.53. The Morgan fingerprint density at radius 3 is 2.43 bits per heavy atom. The molecule has 2 unspecified atom stereocenters. The smallest absolute Gasteiger partial charge is 0.398 e. The third-order valence-corrected chi connectivity index (χ3v) is 5.95. The predicted octanol–water partition coefficient (Wildman–Crippen LogP) is 4.64. The lowest BCUT2D eigenvalue weighted by atomic mass is 9.87. The zero-order valence-electron chi connectivity index (χ0n) is 13.3. The fourth-order valence-electron chi connectivity index (χ4n) is 2.62. The van der Waals surface area contributed by atoms with E-state index in [4.69, 9.17) is 9.31 Å². The Hall–Kier alpha value is -0.645. The number of halogens is 1. The Morgan fingerprint density at radius 1 is 1.29 bits per heavy atom. The van der Waals surface area contributed by atoms with Gasteiger partial charge in [-0.3, -0.25) is 0 Å². The highest BCUT2D eigenvalue weighted by molar-refractivity contribution is 7.12. The van der Waals surface area contributed by atoms with E-state index in [2.05, 4.69) is 19.1 Å². The molecule has 0 N–H and O–H groups in total. The summed E-state index contributed by atoms with van der Waals surface area (Å²) < 4.78 is 25.9. The fourth-order valence-corrected chi connectivity index (χ4v) is 3.68. The molecule has 21 heavy (non-hydrogen) atoms. The van der Waals surface area contributed by atoms with Gasteiger partial charge >= 0.3 is 7.12 Å². The second kappa shape index (κ2) is 4.93. The minimum Gasteiger partial charge on any atom is -0.398 e. The Morgan fingerprint density at radius 2 is 1.90 bits per heavy atom. The van der Waals surface area contributed by atoms with Gasteiger partial charge in [-0.2, -0.15) is 0 Å². The van der Waals surface area contributed by atoms with Gasteiger partial charge < -0.3 is 9.31 Å². The quantitative estimate of drug-likeness (QED) is 0.757. The van der Waals surface area contributed by atoms with E-state index >= 15 is 0 Å². The number of allylic oxidation sites excluding steroid dienone is 1. The maximum atomic E-state index is 14.4. The lowest BCUT2D eigenvalue weighted by Gasteiger charge is -2.32. The van der Waals surface area contributed by atoms with E-state index in [9.17, 15) is 4.39 Å². The molecule has 1 aromatic heterocycles. The first-order valence-corrected chi connectivity index (χ1v) is 8.30. The predicted molar refractivity (Wildman–Crippen MR) is 85.2 cm³/mol. The maximum absolute atomic E-state index is 14.4. The van der Waals surface area contributed by atoms with Crippen LogP contribution in [0.15, 0.2) is 23.9 Å². The largest absolute Gasteiger partial charge is 0.524 e. The summed E-state index contributed by atoms with van der Waals surface area (Å²) in [7, 11) is -0.860. The van der Waals surface area contributed by atoms with Crippen molar-refractivity contribution in [2.75, 3.05) is 0 Å². The SMILES string of the molecule is Cc1ccc(C2CC2C=C(F)B2OC(C)(C)C(C)(C)O2)s1. The van der Waals surface area contributed by atoms with Crippen LogP contribution in [0, 0.1) is 12.8 Å². The maximum Gasteiger partial charge on any atom is 0.524 e. The molecule has 1 aliphatic carbocycles. The van der Waals surface area contributed by atoms with Crippen molar-refractivity contribution in [2.45, 2.75) is 58.2 Å². The summed E-state index contributed by atoms with van der Waals surface area (Å²) in [4.78, 5) is 2.67. The number of thiophene rings is 1. The molecule has 0 bridgehead atoms. The van der Waals surface area contributed by atoms with Gasteiger partial charge in [-0.1, -0.05) is 6.08 Å². The minimum atomic E-state index is -0.860. The molecule has 0 spiro atoms. The zero-order valence-corrected chi connectivity index (χ0v) is 14.1. The van der Waals surface area contributed by atoms with Crippen LogP contribution >= 0.6 is 11.3 Å². The number of rotatable bonds is 3. The lowest BCUT2D eigenvalue weighted by Crippen LogP contribution is -2.41. The van der Waals surface area contributed by atoms with Crippen LogP contribution < -0.4 is 0 Å². The molecule has 2 atom stereocenters. The van der Waals surface area contributed by atoms with E-state index < -0.39 is 18.3 Å². The van der Waals surface area contributed by atoms with Gasteiger partial charge in [-0.15, -0.1) is 11.3 Å². The van der Waals surface area contributed by atoms with Crippen molar-refractivity contribution in [3.63, 3.8) is 0 Å². The number of hydrogen-bond donors (Lipinski definition) is 0. The zero-order chi connectivity index (χ0) is 15.4. The van der Waals surface area contributed by atoms with E-state index in [1.54, 1.807) is 17.4 Å². The second-order valence-electron chi connectivity index (χ2n) is 7.09. The first-order chi connectivity index (χ1) is 9.69. The Balaban J connectivity index is 1.66. The molecule has 1 saturated heterocycles. The molecule has 0 aromatic carbocycles. The number of hydrogen-bond acceptors (Lipinski definition) is 3. The van der Waals surface area contributed by atoms with Crippen molar-refractivity contribution in [3.8, 4) is 0 Å². The molecule has 3 rings (SSSR count). The van der Waals surface area contributed by atoms with Crippen LogP contribution in [-0.4, -0.2) is 18.3 Å². The topological polar surface area (TPSA) is 18.5 Å². The van der Waals surface area contributed by atoms with Crippen molar-refractivity contribution in [2.24, 2.45) is 5.92 Å². The number of aryl methyl sites for hydroxylation is 1. The van der Waals surface area contributed by atoms with Crippen molar-refractivity contribution in [1.29, 1.82) is 0 Å². The summed E-state index contributed by atoms with van der Waals surface area (Å²) >= 11 is 1.81. The third kappa shape index (κ3) is 2.83. The van der Waals surface area contributed by atoms with Gasteiger partial charge in [0.15, 0.2) is 0 Å². The van der Waals surface area contributed by atoms with E-state index in [-0.39, 0.29) is 11.6 Å². The van der Waals surface area contributed by atoms with Gasteiger partial charge in [0, 0.05) is 15.7 Å². The van der Waals surface area contributed by atoms with Gasteiger partial charge in [-0.25, -0.2) is 4.39 Å². The van der Waals surface area contributed by atoms with Crippen molar-refractivity contribution in [3.05, 3.63) is 33.7 Å². The summed E-state index contributed by atoms with van der Waals surface area (Å²) in [5.74, 6) is 0.749. The van der Waals surface area contributed by atoms with E-state index in [0.717, 1.165) is 6.42 Å². The normalized spacial score (nSPS) is 30.8. The second-order valence-corrected chi connectivity index (χ2v) is 8.41. The van der Waals surface area contributed by atoms with Crippen LogP contribution in [0.5, 0.6) is 0 Å². The molecule has 0 amide bonds. The van der Waals surface area contributed by atoms with E-state index in [1.165, 1.54) is 9.75 Å². The third-order valence-electron chi connectivity index (χ3n) is 4.82. The van der Waals surface area contributed by atoms with Crippen LogP contribution in [0.4, 0.5) is 4.39 Å². The standard InChI is InChI=1S/C16H22BFO2S/c1-10-6-7-13(21-10)12-8-11(12)9-14(18)17-19-15(2,3)16(4,5)20-17/h6-7,9,11-12H,8H2,1-5H3. The molecule has 5 heteroatoms. The lowest BCUT2D eigenvalue weighted by molar-refractivity contribution is 0.00578. The summed E-state index contributed by atoms with van der Waals surface area (Å²) in [5.41, 5.74) is -1.26. The minimum absolute atomic E-state index is 0.280. The van der Waals surface area contributed by atoms with Gasteiger partial charge in [0.1, 0.15) is 5.73 Å². The molecule has 1 aliphatic heterocycles.